The molecule has 6 aromatic carbocycles. The minimum atomic E-state index is -4.27. The van der Waals surface area contributed by atoms with E-state index in [0.717, 1.165) is 20.9 Å². The van der Waals surface area contributed by atoms with Crippen LogP contribution >= 0.6 is 0 Å². The van der Waals surface area contributed by atoms with E-state index in [2.05, 4.69) is 122 Å². The minimum Gasteiger partial charge on any atom is -0.744 e. The quantitative estimate of drug-likeness (QED) is 0.140. The topological polar surface area (TPSA) is 114 Å². The fraction of sp³-hybridized carbons (Fsp3) is 0.0526. The maximum absolute atomic E-state index is 10.4. The van der Waals surface area contributed by atoms with Gasteiger partial charge in [-0.25, -0.2) is 16.8 Å². The molecule has 0 amide bonds. The van der Waals surface area contributed by atoms with Crippen LogP contribution in [0.2, 0.25) is 0 Å². The first kappa shape index (κ1) is 38.3. The Morgan fingerprint density at radius 2 is 0.625 bits per heavy atom. The largest absolute Gasteiger partial charge is 0.744 e. The third kappa shape index (κ3) is 13.5. The maximum atomic E-state index is 10.4. The fourth-order valence-electron chi connectivity index (χ4n) is 4.00. The zero-order chi connectivity index (χ0) is 35.2. The number of hydrogen-bond acceptors (Lipinski definition) is 6. The van der Waals surface area contributed by atoms with Gasteiger partial charge < -0.3 is 9.11 Å². The smallest absolute Gasteiger partial charge is 0.150 e. The highest BCUT2D eigenvalue weighted by Gasteiger charge is 2.00. The van der Waals surface area contributed by atoms with E-state index in [1.165, 1.54) is 46.5 Å². The van der Waals surface area contributed by atoms with Gasteiger partial charge in [-0.3, -0.25) is 0 Å². The highest BCUT2D eigenvalue weighted by Crippen LogP contribution is 2.20. The van der Waals surface area contributed by atoms with Gasteiger partial charge in [-0.15, -0.1) is 0 Å². The van der Waals surface area contributed by atoms with Gasteiger partial charge in [-0.2, -0.15) is 0 Å². The summed E-state index contributed by atoms with van der Waals surface area (Å²) in [6, 6.07) is 48.9. The third-order valence-electron chi connectivity index (χ3n) is 6.60. The molecular formula is C38H36O6S4. The molecule has 0 saturated heterocycles. The highest BCUT2D eigenvalue weighted by atomic mass is 32.2. The van der Waals surface area contributed by atoms with Crippen LogP contribution in [0.3, 0.4) is 0 Å². The number of rotatable bonds is 4. The molecule has 6 nitrogen and oxygen atoms in total. The van der Waals surface area contributed by atoms with Crippen LogP contribution in [0.4, 0.5) is 0 Å². The Hall–Kier alpha value is -4.16. The summed E-state index contributed by atoms with van der Waals surface area (Å²) >= 11 is 6.93. The Bertz CT molecular complexity index is 1890. The molecule has 10 heteroatoms. The number of hydrogen-bond donors (Lipinski definition) is 0. The average Bonchev–Trinajstić information content (AvgIpc) is 3.07. The van der Waals surface area contributed by atoms with Crippen LogP contribution in [0.25, 0.3) is 22.3 Å². The summed E-state index contributed by atoms with van der Waals surface area (Å²) < 4.78 is 62.3. The van der Waals surface area contributed by atoms with Gasteiger partial charge in [0.15, 0.2) is 0 Å². The van der Waals surface area contributed by atoms with Crippen molar-refractivity contribution in [1.82, 2.24) is 0 Å². The Morgan fingerprint density at radius 3 is 0.875 bits per heavy atom. The first-order valence-corrected chi connectivity index (χ1v) is 18.3. The predicted molar refractivity (Wildman–Crippen MR) is 199 cm³/mol. The van der Waals surface area contributed by atoms with Crippen LogP contribution in [0, 0.1) is 13.8 Å². The molecule has 0 saturated carbocycles. The number of benzene rings is 6. The van der Waals surface area contributed by atoms with Crippen LogP contribution in [0.1, 0.15) is 11.1 Å². The summed E-state index contributed by atoms with van der Waals surface area (Å²) in [5.41, 5.74) is 6.88. The van der Waals surface area contributed by atoms with Gasteiger partial charge in [0.05, 0.1) is 9.79 Å². The molecule has 0 aliphatic carbocycles. The Kier molecular flexibility index (Phi) is 14.7. The number of aryl methyl sites for hydroxylation is 2. The molecule has 0 bridgehead atoms. The first-order chi connectivity index (χ1) is 22.7. The van der Waals surface area contributed by atoms with Crippen molar-refractivity contribution in [1.29, 1.82) is 0 Å². The van der Waals surface area contributed by atoms with E-state index in [4.69, 9.17) is 0 Å². The first-order valence-electron chi connectivity index (χ1n) is 14.5. The molecule has 0 heterocycles. The third-order valence-corrected chi connectivity index (χ3v) is 8.97. The summed E-state index contributed by atoms with van der Waals surface area (Å²) in [5.74, 6) is 0. The lowest BCUT2D eigenvalue weighted by Gasteiger charge is -2.05. The SMILES string of the molecule is Cc1ccc(S(=O)(=O)[O-])cc1.Cc1ccc(S(=O)(=O)[O-])cc1.[SH2+]c1ccc(-c2ccccc2)cc1.[SH2+]c1ccc(-c2ccccc2)cc1. The molecule has 0 spiro atoms. The molecule has 48 heavy (non-hydrogen) atoms. The minimum absolute atomic E-state index is 0.178. The van der Waals surface area contributed by atoms with Crippen molar-refractivity contribution in [2.45, 2.75) is 33.4 Å². The second kappa shape index (κ2) is 18.4. The van der Waals surface area contributed by atoms with Crippen molar-refractivity contribution in [2.75, 3.05) is 0 Å². The van der Waals surface area contributed by atoms with Gasteiger partial charge >= 0.3 is 0 Å². The van der Waals surface area contributed by atoms with Gasteiger partial charge in [0.1, 0.15) is 30.0 Å². The van der Waals surface area contributed by atoms with Crippen molar-refractivity contribution >= 4 is 45.5 Å². The lowest BCUT2D eigenvalue weighted by atomic mass is 10.1. The molecule has 248 valence electrons. The van der Waals surface area contributed by atoms with Crippen molar-refractivity contribution in [3.8, 4) is 22.3 Å². The zero-order valence-electron chi connectivity index (χ0n) is 26.3. The second-order valence-electron chi connectivity index (χ2n) is 10.4. The van der Waals surface area contributed by atoms with Crippen LogP contribution in [0.15, 0.2) is 177 Å². The summed E-state index contributed by atoms with van der Waals surface area (Å²) in [5, 5.41) is 0. The molecule has 0 aliphatic heterocycles. The van der Waals surface area contributed by atoms with E-state index in [0.29, 0.717) is 0 Å². The molecule has 0 radical (unpaired) electrons. The summed E-state index contributed by atoms with van der Waals surface area (Å²) in [7, 11) is -8.54. The molecule has 6 rings (SSSR count). The zero-order valence-corrected chi connectivity index (χ0v) is 29.9. The Labute approximate surface area is 294 Å². The summed E-state index contributed by atoms with van der Waals surface area (Å²) in [4.78, 5) is 1.87. The van der Waals surface area contributed by atoms with Crippen LogP contribution < -0.4 is 0 Å². The lowest BCUT2D eigenvalue weighted by Crippen LogP contribution is -1.97. The van der Waals surface area contributed by atoms with E-state index in [9.17, 15) is 25.9 Å². The van der Waals surface area contributed by atoms with E-state index in [1.54, 1.807) is 24.3 Å². The lowest BCUT2D eigenvalue weighted by molar-refractivity contribution is 0.461. The van der Waals surface area contributed by atoms with Crippen molar-refractivity contribution in [3.63, 3.8) is 0 Å². The van der Waals surface area contributed by atoms with Crippen molar-refractivity contribution < 1.29 is 25.9 Å². The van der Waals surface area contributed by atoms with Crippen molar-refractivity contribution in [3.05, 3.63) is 169 Å². The second-order valence-corrected chi connectivity index (χ2v) is 14.3. The molecule has 0 atom stereocenters. The molecule has 0 aromatic heterocycles. The summed E-state index contributed by atoms with van der Waals surface area (Å²) in [6.45, 7) is 3.64. The van der Waals surface area contributed by atoms with E-state index >= 15 is 0 Å². The van der Waals surface area contributed by atoms with E-state index in [-0.39, 0.29) is 9.79 Å². The highest BCUT2D eigenvalue weighted by molar-refractivity contribution is 7.86. The van der Waals surface area contributed by atoms with Gasteiger partial charge in [-0.05, 0) is 134 Å². The monoisotopic (exact) mass is 716 g/mol. The maximum Gasteiger partial charge on any atom is 0.150 e. The van der Waals surface area contributed by atoms with Gasteiger partial charge in [0.25, 0.3) is 0 Å². The average molecular weight is 717 g/mol. The van der Waals surface area contributed by atoms with E-state index in [1.807, 2.05) is 26.0 Å². The molecule has 6 aromatic rings. The van der Waals surface area contributed by atoms with Crippen LogP contribution in [0.5, 0.6) is 0 Å². The van der Waals surface area contributed by atoms with Gasteiger partial charge in [-0.1, -0.05) is 96.1 Å². The Balaban J connectivity index is 0.000000174. The van der Waals surface area contributed by atoms with Crippen LogP contribution in [-0.2, 0) is 45.5 Å². The molecule has 0 N–H and O–H groups in total. The molecule has 0 fully saturated rings. The standard InChI is InChI=1S/2C12H10S.2C7H8O3S/c2*13-12-8-6-11(7-9-12)10-4-2-1-3-5-10;2*1-6-2-4-7(5-3-6)11(8,9)10/h2*1-9,13H;2*2-5H,1H3,(H,8,9,10). The van der Waals surface area contributed by atoms with Gasteiger partial charge in [0, 0.05) is 0 Å². The van der Waals surface area contributed by atoms with E-state index < -0.39 is 20.2 Å². The predicted octanol–water partition coefficient (Wildman–Crippen LogP) is 7.25. The van der Waals surface area contributed by atoms with Crippen LogP contribution in [-0.4, -0.2) is 25.9 Å². The molecule has 0 aliphatic rings. The Morgan fingerprint density at radius 1 is 0.375 bits per heavy atom. The fourth-order valence-corrected chi connectivity index (χ4v) is 5.27. The molecule has 0 unspecified atom stereocenters. The van der Waals surface area contributed by atoms with Crippen molar-refractivity contribution in [2.24, 2.45) is 0 Å². The summed E-state index contributed by atoms with van der Waals surface area (Å²) in [6.07, 6.45) is 0. The normalized spacial score (nSPS) is 10.6. The van der Waals surface area contributed by atoms with Gasteiger partial charge in [0.2, 0.25) is 0 Å². The molecular weight excluding hydrogens is 681 g/mol.